The van der Waals surface area contributed by atoms with Gasteiger partial charge in [0.2, 0.25) is 0 Å². The van der Waals surface area contributed by atoms with Gasteiger partial charge in [-0.25, -0.2) is 27.3 Å². The first-order valence-corrected chi connectivity index (χ1v) is 10.3. The van der Waals surface area contributed by atoms with E-state index in [0.717, 1.165) is 17.7 Å². The highest BCUT2D eigenvalue weighted by atomic mass is 35.5. The van der Waals surface area contributed by atoms with Crippen molar-refractivity contribution in [1.29, 1.82) is 0 Å². The van der Waals surface area contributed by atoms with E-state index in [4.69, 9.17) is 47.1 Å². The van der Waals surface area contributed by atoms with E-state index in [0.29, 0.717) is 11.1 Å². The number of carbonyl (C=O) groups excluding carboxylic acids is 2. The van der Waals surface area contributed by atoms with Gasteiger partial charge in [-0.15, -0.1) is 0 Å². The number of carbonyl (C=O) groups is 2. The van der Waals surface area contributed by atoms with Crippen molar-refractivity contribution in [3.8, 4) is 0 Å². The molecule has 6 nitrogen and oxygen atoms in total. The Morgan fingerprint density at radius 3 is 1.17 bits per heavy atom. The number of hydrogen-bond acceptors (Lipinski definition) is 2. The maximum absolute atomic E-state index is 13.0. The minimum absolute atomic E-state index is 0.0194. The topological polar surface area (TPSA) is 47.1 Å². The number of halogens is 4. The molecule has 29 heavy (non-hydrogen) atoms. The van der Waals surface area contributed by atoms with E-state index in [1.54, 1.807) is 60.7 Å². The van der Waals surface area contributed by atoms with E-state index in [9.17, 15) is 9.59 Å². The molecule has 2 fully saturated rings. The van der Waals surface area contributed by atoms with Gasteiger partial charge in [0.05, 0.1) is 0 Å². The lowest BCUT2D eigenvalue weighted by Crippen LogP contribution is -2.76. The number of hydrogen-bond donors (Lipinski definition) is 0. The Bertz CT molecular complexity index is 802. The normalized spacial score (nSPS) is 26.3. The zero-order valence-corrected chi connectivity index (χ0v) is 18.6. The molecule has 0 spiro atoms. The SMILES string of the molecule is CC.O=C1N(Cl)C2(c3ccccc3)CC(c3ccccc3)(N1Cl)N(Cl)C(=O)N2Cl. The molecule has 0 saturated carbocycles. The molecule has 154 valence electrons. The number of nitrogens with zero attached hydrogens (tertiary/aromatic N) is 4. The summed E-state index contributed by atoms with van der Waals surface area (Å²) in [6.45, 7) is 4.00. The number of urea groups is 2. The third kappa shape index (κ3) is 2.93. The number of benzene rings is 2. The summed E-state index contributed by atoms with van der Waals surface area (Å²) in [6.07, 6.45) is 0.0194. The first-order chi connectivity index (χ1) is 13.9. The molecule has 2 aromatic rings. The molecule has 2 bridgehead atoms. The smallest absolute Gasteiger partial charge is 0.245 e. The van der Waals surface area contributed by atoms with Crippen LogP contribution in [0.2, 0.25) is 0 Å². The molecule has 4 rings (SSSR count). The van der Waals surface area contributed by atoms with Crippen molar-refractivity contribution in [3.05, 3.63) is 71.8 Å². The van der Waals surface area contributed by atoms with Gasteiger partial charge in [-0.3, -0.25) is 0 Å². The number of rotatable bonds is 2. The van der Waals surface area contributed by atoms with Gasteiger partial charge in [0, 0.05) is 64.7 Å². The summed E-state index contributed by atoms with van der Waals surface area (Å²) in [4.78, 5) is 26.0. The summed E-state index contributed by atoms with van der Waals surface area (Å²) < 4.78 is 3.35. The molecule has 4 amide bonds. The lowest BCUT2D eigenvalue weighted by atomic mass is 9.80. The van der Waals surface area contributed by atoms with Crippen LogP contribution in [0, 0.1) is 0 Å². The van der Waals surface area contributed by atoms with Gasteiger partial charge < -0.3 is 0 Å². The highest BCUT2D eigenvalue weighted by Crippen LogP contribution is 2.58. The minimum Gasteiger partial charge on any atom is -0.245 e. The van der Waals surface area contributed by atoms with Crippen LogP contribution in [0.15, 0.2) is 60.7 Å². The van der Waals surface area contributed by atoms with Crippen molar-refractivity contribution in [2.75, 3.05) is 0 Å². The molecule has 0 aromatic heterocycles. The van der Waals surface area contributed by atoms with Crippen molar-refractivity contribution >= 4 is 59.2 Å². The van der Waals surface area contributed by atoms with Gasteiger partial charge in [-0.1, -0.05) is 74.5 Å². The van der Waals surface area contributed by atoms with Gasteiger partial charge in [-0.05, 0) is 0 Å². The fourth-order valence-corrected chi connectivity index (χ4v) is 5.02. The standard InChI is InChI=1S/C17H12Cl4N4O2.C2H6/c18-22-14(26)24(20)17(13-9-5-2-6-10-13)11-16(22,12-7-3-1-4-8-12)23(19)15(27)25(17)21;1-2/h1-10H,11H2;1-2H3. The Labute approximate surface area is 189 Å². The van der Waals surface area contributed by atoms with Crippen LogP contribution in [-0.4, -0.2) is 29.7 Å². The highest BCUT2D eigenvalue weighted by molar-refractivity contribution is 6.33. The first-order valence-electron chi connectivity index (χ1n) is 8.90. The van der Waals surface area contributed by atoms with E-state index in [1.165, 1.54) is 0 Å². The van der Waals surface area contributed by atoms with Crippen molar-refractivity contribution in [2.45, 2.75) is 31.6 Å². The second-order valence-electron chi connectivity index (χ2n) is 6.23. The van der Waals surface area contributed by atoms with Crippen LogP contribution in [0.1, 0.15) is 31.4 Å². The summed E-state index contributed by atoms with van der Waals surface area (Å²) in [7, 11) is 0. The Morgan fingerprint density at radius 1 is 0.621 bits per heavy atom. The predicted molar refractivity (Wildman–Crippen MR) is 114 cm³/mol. The molecule has 0 aliphatic carbocycles. The lowest BCUT2D eigenvalue weighted by Gasteiger charge is -2.61. The predicted octanol–water partition coefficient (Wildman–Crippen LogP) is 6.20. The molecule has 0 radical (unpaired) electrons. The maximum atomic E-state index is 13.0. The zero-order valence-electron chi connectivity index (χ0n) is 15.6. The van der Waals surface area contributed by atoms with Crippen LogP contribution in [-0.2, 0) is 11.3 Å². The summed E-state index contributed by atoms with van der Waals surface area (Å²) in [5.41, 5.74) is -1.89. The molecule has 2 aliphatic heterocycles. The average molecular weight is 476 g/mol. The fourth-order valence-electron chi connectivity index (χ4n) is 3.63. The quantitative estimate of drug-likeness (QED) is 0.485. The Hall–Kier alpha value is -1.86. The van der Waals surface area contributed by atoms with Crippen molar-refractivity contribution in [1.82, 2.24) is 17.7 Å². The van der Waals surface area contributed by atoms with Crippen LogP contribution in [0.5, 0.6) is 0 Å². The van der Waals surface area contributed by atoms with E-state index >= 15 is 0 Å². The molecule has 2 saturated heterocycles. The van der Waals surface area contributed by atoms with Crippen LogP contribution in [0.3, 0.4) is 0 Å². The average Bonchev–Trinajstić information content (AvgIpc) is 2.79. The van der Waals surface area contributed by atoms with Crippen LogP contribution in [0.4, 0.5) is 9.59 Å². The Morgan fingerprint density at radius 2 is 0.897 bits per heavy atom. The second kappa shape index (κ2) is 8.11. The molecule has 2 aliphatic rings. The molecule has 2 heterocycles. The van der Waals surface area contributed by atoms with Crippen LogP contribution in [0.25, 0.3) is 0 Å². The van der Waals surface area contributed by atoms with E-state index in [1.807, 2.05) is 13.8 Å². The molecule has 0 atom stereocenters. The van der Waals surface area contributed by atoms with Gasteiger partial charge in [0.25, 0.3) is 0 Å². The molecular weight excluding hydrogens is 458 g/mol. The van der Waals surface area contributed by atoms with E-state index < -0.39 is 23.4 Å². The van der Waals surface area contributed by atoms with Crippen LogP contribution >= 0.6 is 47.1 Å². The lowest BCUT2D eigenvalue weighted by molar-refractivity contribution is -0.0871. The molecule has 0 unspecified atom stereocenters. The summed E-state index contributed by atoms with van der Waals surface area (Å²) >= 11 is 25.6. The first kappa shape index (κ1) is 21.8. The minimum atomic E-state index is -1.49. The Balaban J connectivity index is 0.00000117. The summed E-state index contributed by atoms with van der Waals surface area (Å²) in [6, 6.07) is 16.1. The van der Waals surface area contributed by atoms with Crippen LogP contribution < -0.4 is 0 Å². The summed E-state index contributed by atoms with van der Waals surface area (Å²) in [5.74, 6) is 0. The van der Waals surface area contributed by atoms with Gasteiger partial charge in [-0.2, -0.15) is 0 Å². The van der Waals surface area contributed by atoms with Gasteiger partial charge >= 0.3 is 12.1 Å². The van der Waals surface area contributed by atoms with E-state index in [-0.39, 0.29) is 6.42 Å². The third-order valence-electron chi connectivity index (χ3n) is 4.94. The number of fused-ring (bicyclic) bond motifs is 2. The van der Waals surface area contributed by atoms with Gasteiger partial charge in [0.1, 0.15) is 0 Å². The summed E-state index contributed by atoms with van der Waals surface area (Å²) in [5, 5.41) is 0. The van der Waals surface area contributed by atoms with Crippen molar-refractivity contribution < 1.29 is 9.59 Å². The van der Waals surface area contributed by atoms with Crippen molar-refractivity contribution in [2.24, 2.45) is 0 Å². The maximum Gasteiger partial charge on any atom is 0.354 e. The van der Waals surface area contributed by atoms with E-state index in [2.05, 4.69) is 0 Å². The fraction of sp³-hybridized carbons (Fsp3) is 0.263. The molecular formula is C19H18Cl4N4O2. The third-order valence-corrected chi connectivity index (χ3v) is 6.63. The van der Waals surface area contributed by atoms with Gasteiger partial charge in [0.15, 0.2) is 11.3 Å². The number of amides is 4. The highest BCUT2D eigenvalue weighted by Gasteiger charge is 2.69. The monoisotopic (exact) mass is 474 g/mol. The molecule has 2 aromatic carbocycles. The second-order valence-corrected chi connectivity index (χ2v) is 7.58. The Kier molecular flexibility index (Phi) is 6.11. The molecule has 10 heteroatoms. The molecule has 0 N–H and O–H groups in total. The largest absolute Gasteiger partial charge is 0.354 e. The zero-order chi connectivity index (χ0) is 21.4. The van der Waals surface area contributed by atoms with Crippen molar-refractivity contribution in [3.63, 3.8) is 0 Å².